The topological polar surface area (TPSA) is 26.3 Å². The van der Waals surface area contributed by atoms with E-state index in [-0.39, 0.29) is 5.56 Å². The van der Waals surface area contributed by atoms with Gasteiger partial charge in [0.1, 0.15) is 5.75 Å². The van der Waals surface area contributed by atoms with Gasteiger partial charge in [-0.05, 0) is 48.9 Å². The molecule has 2 rings (SSSR count). The molecule has 2 aromatic rings. The van der Waals surface area contributed by atoms with E-state index in [9.17, 15) is 13.6 Å². The van der Waals surface area contributed by atoms with Gasteiger partial charge in [0.2, 0.25) is 0 Å². The average molecular weight is 288 g/mol. The number of carbonyl (C=O) groups is 1. The van der Waals surface area contributed by atoms with Crippen molar-refractivity contribution in [2.75, 3.05) is 6.61 Å². The molecule has 0 N–H and O–H groups in total. The SMILES string of the molecule is CCOc1cccc(/C=C/C(=O)c2ccc(F)c(F)c2)c1. The molecule has 108 valence electrons. The third-order valence-electron chi connectivity index (χ3n) is 2.80. The van der Waals surface area contributed by atoms with Crippen LogP contribution in [0, 0.1) is 11.6 Å². The maximum Gasteiger partial charge on any atom is 0.185 e. The zero-order chi connectivity index (χ0) is 15.2. The van der Waals surface area contributed by atoms with Gasteiger partial charge in [-0.1, -0.05) is 18.2 Å². The van der Waals surface area contributed by atoms with Crippen molar-refractivity contribution in [2.45, 2.75) is 6.92 Å². The zero-order valence-corrected chi connectivity index (χ0v) is 11.5. The van der Waals surface area contributed by atoms with Crippen LogP contribution in [0.25, 0.3) is 6.08 Å². The fraction of sp³-hybridized carbons (Fsp3) is 0.118. The lowest BCUT2D eigenvalue weighted by atomic mass is 10.1. The van der Waals surface area contributed by atoms with E-state index in [1.807, 2.05) is 25.1 Å². The molecule has 0 amide bonds. The number of hydrogen-bond donors (Lipinski definition) is 0. The Balaban J connectivity index is 2.14. The number of hydrogen-bond acceptors (Lipinski definition) is 2. The van der Waals surface area contributed by atoms with Gasteiger partial charge in [0, 0.05) is 5.56 Å². The summed E-state index contributed by atoms with van der Waals surface area (Å²) in [5.41, 5.74) is 0.892. The molecule has 0 atom stereocenters. The molecular weight excluding hydrogens is 274 g/mol. The predicted octanol–water partition coefficient (Wildman–Crippen LogP) is 4.26. The van der Waals surface area contributed by atoms with Gasteiger partial charge in [0.05, 0.1) is 6.61 Å². The molecule has 0 unspecified atom stereocenters. The Hall–Kier alpha value is -2.49. The van der Waals surface area contributed by atoms with E-state index in [2.05, 4.69) is 0 Å². The smallest absolute Gasteiger partial charge is 0.185 e. The first kappa shape index (κ1) is 14.9. The Morgan fingerprint density at radius 1 is 1.14 bits per heavy atom. The number of ketones is 1. The summed E-state index contributed by atoms with van der Waals surface area (Å²) in [5, 5.41) is 0. The monoisotopic (exact) mass is 288 g/mol. The van der Waals surface area contributed by atoms with Crippen molar-refractivity contribution >= 4 is 11.9 Å². The van der Waals surface area contributed by atoms with E-state index in [0.29, 0.717) is 12.4 Å². The summed E-state index contributed by atoms with van der Waals surface area (Å²) in [6.45, 7) is 2.44. The van der Waals surface area contributed by atoms with Gasteiger partial charge in [-0.2, -0.15) is 0 Å². The molecule has 0 aliphatic rings. The van der Waals surface area contributed by atoms with Crippen LogP contribution in [-0.2, 0) is 0 Å². The average Bonchev–Trinajstić information content (AvgIpc) is 2.48. The standard InChI is InChI=1S/C17H14F2O2/c1-2-21-14-5-3-4-12(10-14)6-9-17(20)13-7-8-15(18)16(19)11-13/h3-11H,2H2,1H3/b9-6+. The maximum absolute atomic E-state index is 13.1. The second-order valence-corrected chi connectivity index (χ2v) is 4.33. The van der Waals surface area contributed by atoms with Crippen LogP contribution in [-0.4, -0.2) is 12.4 Å². The highest BCUT2D eigenvalue weighted by Gasteiger charge is 2.07. The summed E-state index contributed by atoms with van der Waals surface area (Å²) in [4.78, 5) is 11.9. The third kappa shape index (κ3) is 3.99. The molecule has 0 heterocycles. The minimum Gasteiger partial charge on any atom is -0.494 e. The lowest BCUT2D eigenvalue weighted by molar-refractivity contribution is 0.104. The van der Waals surface area contributed by atoms with Crippen molar-refractivity contribution in [2.24, 2.45) is 0 Å². The van der Waals surface area contributed by atoms with Gasteiger partial charge >= 0.3 is 0 Å². The van der Waals surface area contributed by atoms with E-state index in [4.69, 9.17) is 4.74 Å². The van der Waals surface area contributed by atoms with Gasteiger partial charge in [-0.25, -0.2) is 8.78 Å². The maximum atomic E-state index is 13.1. The Kier molecular flexibility index (Phi) is 4.82. The Morgan fingerprint density at radius 3 is 2.67 bits per heavy atom. The van der Waals surface area contributed by atoms with Crippen molar-refractivity contribution in [1.29, 1.82) is 0 Å². The zero-order valence-electron chi connectivity index (χ0n) is 11.5. The first-order chi connectivity index (χ1) is 10.1. The summed E-state index contributed by atoms with van der Waals surface area (Å²) in [6.07, 6.45) is 2.92. The molecule has 0 bridgehead atoms. The molecule has 0 saturated carbocycles. The molecular formula is C17H14F2O2. The van der Waals surface area contributed by atoms with E-state index >= 15 is 0 Å². The number of allylic oxidation sites excluding steroid dienone is 1. The lowest BCUT2D eigenvalue weighted by Gasteiger charge is -2.03. The molecule has 0 aromatic heterocycles. The van der Waals surface area contributed by atoms with Crippen LogP contribution >= 0.6 is 0 Å². The first-order valence-electron chi connectivity index (χ1n) is 6.50. The van der Waals surface area contributed by atoms with Crippen molar-refractivity contribution in [3.05, 3.63) is 71.3 Å². The van der Waals surface area contributed by atoms with Gasteiger partial charge in [-0.15, -0.1) is 0 Å². The molecule has 2 aromatic carbocycles. The predicted molar refractivity (Wildman–Crippen MR) is 77.3 cm³/mol. The highest BCUT2D eigenvalue weighted by molar-refractivity contribution is 6.06. The molecule has 0 saturated heterocycles. The summed E-state index contributed by atoms with van der Waals surface area (Å²) in [5.74, 6) is -1.69. The first-order valence-corrected chi connectivity index (χ1v) is 6.50. The van der Waals surface area contributed by atoms with Gasteiger partial charge in [0.25, 0.3) is 0 Å². The minimum atomic E-state index is -1.03. The van der Waals surface area contributed by atoms with Crippen LogP contribution in [0.1, 0.15) is 22.8 Å². The van der Waals surface area contributed by atoms with Crippen LogP contribution < -0.4 is 4.74 Å². The second kappa shape index (κ2) is 6.79. The van der Waals surface area contributed by atoms with E-state index in [1.54, 1.807) is 12.1 Å². The third-order valence-corrected chi connectivity index (χ3v) is 2.80. The van der Waals surface area contributed by atoms with Crippen LogP contribution in [0.15, 0.2) is 48.5 Å². The van der Waals surface area contributed by atoms with Crippen molar-refractivity contribution in [1.82, 2.24) is 0 Å². The van der Waals surface area contributed by atoms with Gasteiger partial charge < -0.3 is 4.74 Å². The summed E-state index contributed by atoms with van der Waals surface area (Å²) < 4.78 is 31.2. The van der Waals surface area contributed by atoms with Crippen LogP contribution in [0.3, 0.4) is 0 Å². The number of benzene rings is 2. The largest absolute Gasteiger partial charge is 0.494 e. The van der Waals surface area contributed by atoms with Gasteiger partial charge in [-0.3, -0.25) is 4.79 Å². The van der Waals surface area contributed by atoms with Crippen LogP contribution in [0.5, 0.6) is 5.75 Å². The highest BCUT2D eigenvalue weighted by Crippen LogP contribution is 2.15. The fourth-order valence-electron chi connectivity index (χ4n) is 1.79. The molecule has 0 aliphatic carbocycles. The summed E-state index contributed by atoms with van der Waals surface area (Å²) in [6, 6.07) is 10.3. The normalized spacial score (nSPS) is 10.8. The molecule has 0 radical (unpaired) electrons. The van der Waals surface area contributed by atoms with Crippen molar-refractivity contribution in [3.8, 4) is 5.75 Å². The Bertz CT molecular complexity index is 678. The lowest BCUT2D eigenvalue weighted by Crippen LogP contribution is -1.96. The Morgan fingerprint density at radius 2 is 1.95 bits per heavy atom. The molecule has 0 spiro atoms. The van der Waals surface area contributed by atoms with Crippen molar-refractivity contribution in [3.63, 3.8) is 0 Å². The molecule has 2 nitrogen and oxygen atoms in total. The van der Waals surface area contributed by atoms with Crippen LogP contribution in [0.2, 0.25) is 0 Å². The number of halogens is 2. The molecule has 21 heavy (non-hydrogen) atoms. The molecule has 4 heteroatoms. The quantitative estimate of drug-likeness (QED) is 0.607. The van der Waals surface area contributed by atoms with E-state index in [0.717, 1.165) is 17.7 Å². The molecule has 0 fully saturated rings. The molecule has 0 aliphatic heterocycles. The highest BCUT2D eigenvalue weighted by atomic mass is 19.2. The van der Waals surface area contributed by atoms with E-state index in [1.165, 1.54) is 12.1 Å². The summed E-state index contributed by atoms with van der Waals surface area (Å²) in [7, 11) is 0. The van der Waals surface area contributed by atoms with Gasteiger partial charge in [0.15, 0.2) is 17.4 Å². The minimum absolute atomic E-state index is 0.103. The number of ether oxygens (including phenoxy) is 1. The number of carbonyl (C=O) groups excluding carboxylic acids is 1. The second-order valence-electron chi connectivity index (χ2n) is 4.33. The van der Waals surface area contributed by atoms with Crippen LogP contribution in [0.4, 0.5) is 8.78 Å². The fourth-order valence-corrected chi connectivity index (χ4v) is 1.79. The number of rotatable bonds is 5. The Labute approximate surface area is 121 Å². The summed E-state index contributed by atoms with van der Waals surface area (Å²) >= 11 is 0. The van der Waals surface area contributed by atoms with E-state index < -0.39 is 17.4 Å². The van der Waals surface area contributed by atoms with Crippen molar-refractivity contribution < 1.29 is 18.3 Å².